The van der Waals surface area contributed by atoms with E-state index >= 15 is 0 Å². The summed E-state index contributed by atoms with van der Waals surface area (Å²) in [5.74, 6) is 0.493. The maximum absolute atomic E-state index is 11.8. The molecule has 9 heteroatoms. The maximum Gasteiger partial charge on any atom is 0.374 e. The van der Waals surface area contributed by atoms with Gasteiger partial charge in [0.2, 0.25) is 17.7 Å². The number of para-hydroxylation sites is 2. The van der Waals surface area contributed by atoms with Gasteiger partial charge in [-0.15, -0.1) is 0 Å². The summed E-state index contributed by atoms with van der Waals surface area (Å²) in [6.07, 6.45) is 1.38. The van der Waals surface area contributed by atoms with Gasteiger partial charge in [-0.25, -0.2) is 4.79 Å². The molecule has 3 N–H and O–H groups in total. The average Bonchev–Trinajstić information content (AvgIpc) is 3.14. The van der Waals surface area contributed by atoms with Crippen LogP contribution in [0.15, 0.2) is 47.1 Å². The molecule has 0 radical (unpaired) electrons. The number of ether oxygens (including phenoxy) is 2. The number of nitrogens with one attached hydrogen (secondary N) is 1. The van der Waals surface area contributed by atoms with Crippen molar-refractivity contribution in [2.75, 3.05) is 18.2 Å². The van der Waals surface area contributed by atoms with Gasteiger partial charge in [0.1, 0.15) is 5.75 Å². The summed E-state index contributed by atoms with van der Waals surface area (Å²) in [6.45, 7) is -0.174. The van der Waals surface area contributed by atoms with Crippen molar-refractivity contribution in [2.24, 2.45) is 0 Å². The Morgan fingerprint density at radius 2 is 2.04 bits per heavy atom. The molecule has 0 aliphatic heterocycles. The number of nitrogens with two attached hydrogens (primary N) is 1. The molecule has 0 saturated carbocycles. The third-order valence-corrected chi connectivity index (χ3v) is 3.11. The zero-order valence-corrected chi connectivity index (χ0v) is 13.3. The SMILES string of the molecule is COc1ccccc1Nc1nc(N)nc(COC(=O)c2ccco2)n1. The lowest BCUT2D eigenvalue weighted by Gasteiger charge is -2.10. The van der Waals surface area contributed by atoms with Crippen molar-refractivity contribution in [3.63, 3.8) is 0 Å². The van der Waals surface area contributed by atoms with Crippen molar-refractivity contribution in [3.8, 4) is 5.75 Å². The van der Waals surface area contributed by atoms with Crippen molar-refractivity contribution >= 4 is 23.6 Å². The average molecular weight is 341 g/mol. The predicted molar refractivity (Wildman–Crippen MR) is 88.3 cm³/mol. The maximum atomic E-state index is 11.8. The molecule has 0 aliphatic carbocycles. The minimum Gasteiger partial charge on any atom is -0.495 e. The van der Waals surface area contributed by atoms with E-state index in [1.807, 2.05) is 12.1 Å². The zero-order chi connectivity index (χ0) is 17.6. The van der Waals surface area contributed by atoms with Gasteiger partial charge in [-0.1, -0.05) is 12.1 Å². The molecular weight excluding hydrogens is 326 g/mol. The summed E-state index contributed by atoms with van der Waals surface area (Å²) in [7, 11) is 1.56. The van der Waals surface area contributed by atoms with E-state index in [0.717, 1.165) is 0 Å². The molecule has 128 valence electrons. The molecule has 3 rings (SSSR count). The summed E-state index contributed by atoms with van der Waals surface area (Å²) in [5.41, 5.74) is 6.35. The molecule has 25 heavy (non-hydrogen) atoms. The first kappa shape index (κ1) is 16.2. The number of hydrogen-bond donors (Lipinski definition) is 2. The fourth-order valence-corrected chi connectivity index (χ4v) is 2.02. The zero-order valence-electron chi connectivity index (χ0n) is 13.3. The summed E-state index contributed by atoms with van der Waals surface area (Å²) < 4.78 is 15.3. The van der Waals surface area contributed by atoms with E-state index in [1.54, 1.807) is 25.3 Å². The molecule has 0 saturated heterocycles. The van der Waals surface area contributed by atoms with Crippen LogP contribution >= 0.6 is 0 Å². The van der Waals surface area contributed by atoms with E-state index in [-0.39, 0.29) is 30.1 Å². The van der Waals surface area contributed by atoms with E-state index in [1.165, 1.54) is 12.3 Å². The monoisotopic (exact) mass is 341 g/mol. The number of nitrogens with zero attached hydrogens (tertiary/aromatic N) is 3. The number of nitrogen functional groups attached to an aromatic ring is 1. The van der Waals surface area contributed by atoms with Gasteiger partial charge in [0.05, 0.1) is 19.1 Å². The summed E-state index contributed by atoms with van der Waals surface area (Å²) in [5, 5.41) is 2.99. The molecule has 9 nitrogen and oxygen atoms in total. The van der Waals surface area contributed by atoms with Gasteiger partial charge in [0.15, 0.2) is 12.4 Å². The van der Waals surface area contributed by atoms with Crippen molar-refractivity contribution in [2.45, 2.75) is 6.61 Å². The lowest BCUT2D eigenvalue weighted by Crippen LogP contribution is -2.11. The van der Waals surface area contributed by atoms with Crippen LogP contribution in [0.5, 0.6) is 5.75 Å². The Morgan fingerprint density at radius 1 is 1.20 bits per heavy atom. The molecule has 1 aromatic carbocycles. The van der Waals surface area contributed by atoms with Crippen molar-refractivity contribution in [3.05, 3.63) is 54.2 Å². The second kappa shape index (κ2) is 7.30. The predicted octanol–water partition coefficient (Wildman–Crippen LogP) is 2.16. The molecule has 0 unspecified atom stereocenters. The second-order valence-electron chi connectivity index (χ2n) is 4.81. The number of anilines is 3. The van der Waals surface area contributed by atoms with E-state index in [0.29, 0.717) is 11.4 Å². The minimum atomic E-state index is -0.622. The third-order valence-electron chi connectivity index (χ3n) is 3.11. The lowest BCUT2D eigenvalue weighted by atomic mass is 10.3. The Labute approximate surface area is 142 Å². The molecule has 0 bridgehead atoms. The molecule has 0 amide bonds. The van der Waals surface area contributed by atoms with E-state index in [2.05, 4.69) is 20.3 Å². The Morgan fingerprint density at radius 3 is 2.80 bits per heavy atom. The Balaban J connectivity index is 1.73. The highest BCUT2D eigenvalue weighted by Crippen LogP contribution is 2.25. The number of carbonyl (C=O) groups excluding carboxylic acids is 1. The van der Waals surface area contributed by atoms with Crippen molar-refractivity contribution in [1.29, 1.82) is 0 Å². The Kier molecular flexibility index (Phi) is 4.74. The summed E-state index contributed by atoms with van der Waals surface area (Å²) >= 11 is 0. The highest BCUT2D eigenvalue weighted by Gasteiger charge is 2.13. The van der Waals surface area contributed by atoms with E-state index < -0.39 is 5.97 Å². The Bertz CT molecular complexity index is 867. The molecular formula is C16H15N5O4. The van der Waals surface area contributed by atoms with Gasteiger partial charge in [0, 0.05) is 0 Å². The van der Waals surface area contributed by atoms with Gasteiger partial charge >= 0.3 is 5.97 Å². The number of carbonyl (C=O) groups is 1. The molecule has 2 aromatic heterocycles. The van der Waals surface area contributed by atoms with Gasteiger partial charge in [0.25, 0.3) is 0 Å². The van der Waals surface area contributed by atoms with Crippen LogP contribution in [0, 0.1) is 0 Å². The number of methoxy groups -OCH3 is 1. The number of esters is 1. The quantitative estimate of drug-likeness (QED) is 0.648. The largest absolute Gasteiger partial charge is 0.495 e. The summed E-state index contributed by atoms with van der Waals surface area (Å²) in [4.78, 5) is 23.9. The highest BCUT2D eigenvalue weighted by molar-refractivity contribution is 5.86. The first-order valence-corrected chi connectivity index (χ1v) is 7.27. The smallest absolute Gasteiger partial charge is 0.374 e. The first-order valence-electron chi connectivity index (χ1n) is 7.27. The molecule has 0 spiro atoms. The molecule has 0 aliphatic rings. The fourth-order valence-electron chi connectivity index (χ4n) is 2.02. The topological polar surface area (TPSA) is 125 Å². The van der Waals surface area contributed by atoms with Crippen LogP contribution in [0.2, 0.25) is 0 Å². The normalized spacial score (nSPS) is 10.3. The van der Waals surface area contributed by atoms with Crippen LogP contribution in [-0.2, 0) is 11.3 Å². The minimum absolute atomic E-state index is 0.00329. The van der Waals surface area contributed by atoms with Crippen LogP contribution in [0.4, 0.5) is 17.6 Å². The number of aromatic nitrogens is 3. The van der Waals surface area contributed by atoms with Gasteiger partial charge < -0.3 is 24.9 Å². The van der Waals surface area contributed by atoms with Crippen LogP contribution in [0.1, 0.15) is 16.4 Å². The second-order valence-corrected chi connectivity index (χ2v) is 4.81. The van der Waals surface area contributed by atoms with Gasteiger partial charge in [-0.05, 0) is 24.3 Å². The van der Waals surface area contributed by atoms with Crippen LogP contribution in [0.3, 0.4) is 0 Å². The van der Waals surface area contributed by atoms with E-state index in [4.69, 9.17) is 19.6 Å². The molecule has 2 heterocycles. The first-order chi connectivity index (χ1) is 12.2. The molecule has 3 aromatic rings. The Hall–Kier alpha value is -3.62. The molecule has 0 fully saturated rings. The van der Waals surface area contributed by atoms with Gasteiger partial charge in [-0.3, -0.25) is 0 Å². The number of furan rings is 1. The number of hydrogen-bond acceptors (Lipinski definition) is 9. The fraction of sp³-hybridized carbons (Fsp3) is 0.125. The summed E-state index contributed by atoms with van der Waals surface area (Å²) in [6, 6.07) is 10.4. The number of rotatable bonds is 6. The van der Waals surface area contributed by atoms with Gasteiger partial charge in [-0.2, -0.15) is 15.0 Å². The van der Waals surface area contributed by atoms with Crippen molar-refractivity contribution < 1.29 is 18.7 Å². The number of benzene rings is 1. The lowest BCUT2D eigenvalue weighted by molar-refractivity contribution is 0.0425. The van der Waals surface area contributed by atoms with E-state index in [9.17, 15) is 4.79 Å². The van der Waals surface area contributed by atoms with Crippen LogP contribution < -0.4 is 15.8 Å². The van der Waals surface area contributed by atoms with Crippen LogP contribution in [0.25, 0.3) is 0 Å². The molecule has 0 atom stereocenters. The highest BCUT2D eigenvalue weighted by atomic mass is 16.5. The van der Waals surface area contributed by atoms with Crippen LogP contribution in [-0.4, -0.2) is 28.0 Å². The van der Waals surface area contributed by atoms with Crippen molar-refractivity contribution in [1.82, 2.24) is 15.0 Å². The standard InChI is InChI=1S/C16H15N5O4/c1-23-11-6-3-2-5-10(11)18-16-20-13(19-15(17)21-16)9-25-14(22)12-7-4-8-24-12/h2-8H,9H2,1H3,(H3,17,18,19,20,21). The third kappa shape index (κ3) is 4.02.